The molecule has 174 valence electrons. The lowest BCUT2D eigenvalue weighted by atomic mass is 9.99. The molecule has 0 radical (unpaired) electrons. The van der Waals surface area contributed by atoms with E-state index in [0.717, 1.165) is 65.4 Å². The fourth-order valence-electron chi connectivity index (χ4n) is 4.24. The molecule has 0 atom stereocenters. The molecule has 2 aromatic carbocycles. The summed E-state index contributed by atoms with van der Waals surface area (Å²) in [6.07, 6.45) is 0. The quantitative estimate of drug-likeness (QED) is 0.429. The van der Waals surface area contributed by atoms with Gasteiger partial charge in [-0.1, -0.05) is 60.2 Å². The molecular weight excluding hydrogens is 444 g/mol. The summed E-state index contributed by atoms with van der Waals surface area (Å²) in [5, 5.41) is 3.88. The summed E-state index contributed by atoms with van der Waals surface area (Å²) in [6, 6.07) is 20.5. The number of aromatic nitrogens is 1. The SMILES string of the molecule is Cc1ccc(-c2cc(-c3ccccc3)nc3sc(C(=O)NCCN4CCOCC4)c(N)c23)cc1. The highest BCUT2D eigenvalue weighted by molar-refractivity contribution is 7.21. The minimum absolute atomic E-state index is 0.148. The normalized spacial score (nSPS) is 14.4. The maximum Gasteiger partial charge on any atom is 0.263 e. The van der Waals surface area contributed by atoms with Gasteiger partial charge in [-0.25, -0.2) is 4.98 Å². The van der Waals surface area contributed by atoms with Crippen molar-refractivity contribution in [2.45, 2.75) is 6.92 Å². The number of nitrogens with two attached hydrogens (primary N) is 1. The minimum Gasteiger partial charge on any atom is -0.397 e. The molecule has 0 aliphatic carbocycles. The molecule has 0 spiro atoms. The second-order valence-electron chi connectivity index (χ2n) is 8.52. The number of ether oxygens (including phenoxy) is 1. The molecule has 1 saturated heterocycles. The number of nitrogens with zero attached hydrogens (tertiary/aromatic N) is 2. The van der Waals surface area contributed by atoms with E-state index in [1.54, 1.807) is 0 Å². The summed E-state index contributed by atoms with van der Waals surface area (Å²) in [6.45, 7) is 6.72. The number of aryl methyl sites for hydroxylation is 1. The van der Waals surface area contributed by atoms with Gasteiger partial charge >= 0.3 is 0 Å². The van der Waals surface area contributed by atoms with Crippen LogP contribution in [-0.2, 0) is 4.74 Å². The van der Waals surface area contributed by atoms with Crippen molar-refractivity contribution >= 4 is 33.1 Å². The highest BCUT2D eigenvalue weighted by atomic mass is 32.1. The fraction of sp³-hybridized carbons (Fsp3) is 0.259. The summed E-state index contributed by atoms with van der Waals surface area (Å²) in [5.74, 6) is -0.148. The van der Waals surface area contributed by atoms with Crippen LogP contribution in [0.4, 0.5) is 5.69 Å². The van der Waals surface area contributed by atoms with E-state index in [1.165, 1.54) is 16.9 Å². The Kier molecular flexibility index (Phi) is 6.58. The molecule has 5 rings (SSSR count). The lowest BCUT2D eigenvalue weighted by Crippen LogP contribution is -2.41. The number of hydrogen-bond acceptors (Lipinski definition) is 6. The van der Waals surface area contributed by atoms with Crippen LogP contribution in [-0.4, -0.2) is 55.2 Å². The van der Waals surface area contributed by atoms with Gasteiger partial charge in [0.15, 0.2) is 0 Å². The van der Waals surface area contributed by atoms with Crippen molar-refractivity contribution in [2.24, 2.45) is 0 Å². The second kappa shape index (κ2) is 9.93. The molecule has 1 amide bonds. The van der Waals surface area contributed by atoms with E-state index >= 15 is 0 Å². The average molecular weight is 473 g/mol. The summed E-state index contributed by atoms with van der Waals surface area (Å²) in [5.41, 5.74) is 12.2. The predicted molar refractivity (Wildman–Crippen MR) is 139 cm³/mol. The van der Waals surface area contributed by atoms with Crippen LogP contribution in [0.2, 0.25) is 0 Å². The molecule has 6 nitrogen and oxygen atoms in total. The van der Waals surface area contributed by atoms with Crippen LogP contribution in [0, 0.1) is 6.92 Å². The number of benzene rings is 2. The smallest absolute Gasteiger partial charge is 0.263 e. The molecule has 34 heavy (non-hydrogen) atoms. The molecule has 2 aromatic heterocycles. The maximum absolute atomic E-state index is 13.1. The van der Waals surface area contributed by atoms with Crippen molar-refractivity contribution in [3.63, 3.8) is 0 Å². The molecule has 1 aliphatic heterocycles. The highest BCUT2D eigenvalue weighted by Gasteiger charge is 2.22. The minimum atomic E-state index is -0.148. The third-order valence-corrected chi connectivity index (χ3v) is 7.25. The Morgan fingerprint density at radius 1 is 1.09 bits per heavy atom. The van der Waals surface area contributed by atoms with Crippen molar-refractivity contribution in [1.29, 1.82) is 0 Å². The van der Waals surface area contributed by atoms with Crippen LogP contribution in [0.15, 0.2) is 60.7 Å². The maximum atomic E-state index is 13.1. The third-order valence-electron chi connectivity index (χ3n) is 6.15. The standard InChI is InChI=1S/C27H28N4O2S/c1-18-7-9-19(10-8-18)21-17-22(20-5-3-2-4-6-20)30-27-23(21)24(28)25(34-27)26(32)29-11-12-31-13-15-33-16-14-31/h2-10,17H,11-16,28H2,1H3,(H,29,32). The van der Waals surface area contributed by atoms with Crippen molar-refractivity contribution in [2.75, 3.05) is 45.1 Å². The fourth-order valence-corrected chi connectivity index (χ4v) is 5.28. The number of thiophene rings is 1. The number of pyridine rings is 1. The van der Waals surface area contributed by atoms with Crippen LogP contribution < -0.4 is 11.1 Å². The van der Waals surface area contributed by atoms with E-state index in [9.17, 15) is 4.79 Å². The first-order valence-corrected chi connectivity index (χ1v) is 12.4. The molecule has 3 N–H and O–H groups in total. The number of carbonyl (C=O) groups excluding carboxylic acids is 1. The van der Waals surface area contributed by atoms with Gasteiger partial charge in [0.1, 0.15) is 9.71 Å². The Labute approximate surface area is 203 Å². The Bertz CT molecular complexity index is 1300. The molecule has 0 unspecified atom stereocenters. The molecule has 0 saturated carbocycles. The first-order valence-electron chi connectivity index (χ1n) is 11.5. The van der Waals surface area contributed by atoms with Crippen LogP contribution in [0.3, 0.4) is 0 Å². The third kappa shape index (κ3) is 4.68. The van der Waals surface area contributed by atoms with Crippen molar-refractivity contribution < 1.29 is 9.53 Å². The van der Waals surface area contributed by atoms with Gasteiger partial charge in [-0.05, 0) is 24.1 Å². The number of hydrogen-bond donors (Lipinski definition) is 2. The topological polar surface area (TPSA) is 80.5 Å². The number of rotatable bonds is 6. The first-order chi connectivity index (χ1) is 16.6. The van der Waals surface area contributed by atoms with Crippen LogP contribution in [0.5, 0.6) is 0 Å². The molecule has 1 fully saturated rings. The summed E-state index contributed by atoms with van der Waals surface area (Å²) >= 11 is 1.36. The van der Waals surface area contributed by atoms with Gasteiger partial charge in [0.05, 0.1) is 24.6 Å². The number of nitrogens with one attached hydrogen (secondary N) is 1. The average Bonchev–Trinajstić information content (AvgIpc) is 3.21. The zero-order chi connectivity index (χ0) is 23.5. The van der Waals surface area contributed by atoms with Crippen molar-refractivity contribution in [3.05, 3.63) is 71.1 Å². The van der Waals surface area contributed by atoms with E-state index in [-0.39, 0.29) is 5.91 Å². The number of carbonyl (C=O) groups is 1. The number of nitrogen functional groups attached to an aromatic ring is 1. The molecule has 3 heterocycles. The van der Waals surface area contributed by atoms with Crippen LogP contribution in [0.1, 0.15) is 15.2 Å². The highest BCUT2D eigenvalue weighted by Crippen LogP contribution is 2.41. The number of morpholine rings is 1. The van der Waals surface area contributed by atoms with Crippen molar-refractivity contribution in [3.8, 4) is 22.4 Å². The van der Waals surface area contributed by atoms with Crippen LogP contribution >= 0.6 is 11.3 Å². The van der Waals surface area contributed by atoms with E-state index in [4.69, 9.17) is 15.5 Å². The number of fused-ring (bicyclic) bond motifs is 1. The van der Waals surface area contributed by atoms with Crippen LogP contribution in [0.25, 0.3) is 32.6 Å². The summed E-state index contributed by atoms with van der Waals surface area (Å²) < 4.78 is 5.39. The molecule has 1 aliphatic rings. The Hall–Kier alpha value is -3.26. The Morgan fingerprint density at radius 3 is 2.56 bits per heavy atom. The van der Waals surface area contributed by atoms with Gasteiger partial charge < -0.3 is 15.8 Å². The molecule has 7 heteroatoms. The molecule has 4 aromatic rings. The predicted octanol–water partition coefficient (Wildman–Crippen LogP) is 4.58. The Balaban J connectivity index is 1.50. The monoisotopic (exact) mass is 472 g/mol. The summed E-state index contributed by atoms with van der Waals surface area (Å²) in [7, 11) is 0. The van der Waals surface area contributed by atoms with E-state index in [2.05, 4.69) is 47.5 Å². The first kappa shape index (κ1) is 22.5. The second-order valence-corrected chi connectivity index (χ2v) is 9.52. The van der Waals surface area contributed by atoms with Gasteiger partial charge in [0, 0.05) is 37.1 Å². The lowest BCUT2D eigenvalue weighted by Gasteiger charge is -2.26. The largest absolute Gasteiger partial charge is 0.397 e. The van der Waals surface area contributed by atoms with Gasteiger partial charge in [-0.3, -0.25) is 9.69 Å². The van der Waals surface area contributed by atoms with Gasteiger partial charge in [-0.2, -0.15) is 0 Å². The molecule has 0 bridgehead atoms. The summed E-state index contributed by atoms with van der Waals surface area (Å²) in [4.78, 5) is 21.6. The zero-order valence-electron chi connectivity index (χ0n) is 19.2. The van der Waals surface area contributed by atoms with E-state index < -0.39 is 0 Å². The van der Waals surface area contributed by atoms with E-state index in [0.29, 0.717) is 17.1 Å². The van der Waals surface area contributed by atoms with Gasteiger partial charge in [0.2, 0.25) is 0 Å². The Morgan fingerprint density at radius 2 is 1.82 bits per heavy atom. The van der Waals surface area contributed by atoms with Gasteiger partial charge in [-0.15, -0.1) is 11.3 Å². The van der Waals surface area contributed by atoms with Gasteiger partial charge in [0.25, 0.3) is 5.91 Å². The van der Waals surface area contributed by atoms with E-state index in [1.807, 2.05) is 30.3 Å². The van der Waals surface area contributed by atoms with Crippen molar-refractivity contribution in [1.82, 2.24) is 15.2 Å². The number of anilines is 1. The lowest BCUT2D eigenvalue weighted by molar-refractivity contribution is 0.0383. The molecular formula is C27H28N4O2S. The zero-order valence-corrected chi connectivity index (χ0v) is 20.0. The number of amides is 1.